The van der Waals surface area contributed by atoms with Gasteiger partial charge in [-0.2, -0.15) is 8.42 Å². The summed E-state index contributed by atoms with van der Waals surface area (Å²) in [5.41, 5.74) is -0.539. The third-order valence-corrected chi connectivity index (χ3v) is 3.78. The Bertz CT molecular complexity index is 406. The Labute approximate surface area is 108 Å². The Morgan fingerprint density at radius 3 is 2.28 bits per heavy atom. The summed E-state index contributed by atoms with van der Waals surface area (Å²) in [4.78, 5) is 13.2. The number of rotatable bonds is 3. The van der Waals surface area contributed by atoms with Gasteiger partial charge >= 0.3 is 6.09 Å². The van der Waals surface area contributed by atoms with Crippen molar-refractivity contribution >= 4 is 16.2 Å². The van der Waals surface area contributed by atoms with Crippen molar-refractivity contribution in [3.8, 4) is 0 Å². The van der Waals surface area contributed by atoms with Gasteiger partial charge in [-0.1, -0.05) is 0 Å². The van der Waals surface area contributed by atoms with E-state index in [1.807, 2.05) is 0 Å². The van der Waals surface area contributed by atoms with Crippen LogP contribution in [0.2, 0.25) is 0 Å². The van der Waals surface area contributed by atoms with Crippen molar-refractivity contribution in [1.82, 2.24) is 4.90 Å². The van der Waals surface area contributed by atoms with Crippen molar-refractivity contribution in [1.29, 1.82) is 0 Å². The van der Waals surface area contributed by atoms with Gasteiger partial charge in [0.05, 0.1) is 5.75 Å². The van der Waals surface area contributed by atoms with E-state index in [0.29, 0.717) is 12.8 Å². The molecule has 0 spiro atoms. The highest BCUT2D eigenvalue weighted by Gasteiger charge is 2.37. The highest BCUT2D eigenvalue weighted by Crippen LogP contribution is 2.32. The second-order valence-corrected chi connectivity index (χ2v) is 7.33. The van der Waals surface area contributed by atoms with E-state index in [1.165, 1.54) is 4.90 Å². The first-order valence-electron chi connectivity index (χ1n) is 5.89. The zero-order valence-electron chi connectivity index (χ0n) is 11.2. The van der Waals surface area contributed by atoms with Crippen molar-refractivity contribution in [2.45, 2.75) is 45.3 Å². The first kappa shape index (κ1) is 15.2. The maximum Gasteiger partial charge on any atom is 0.410 e. The molecule has 0 heterocycles. The summed E-state index contributed by atoms with van der Waals surface area (Å²) in [6, 6.07) is -0.00778. The molecular formula is C11H21NO5S. The van der Waals surface area contributed by atoms with Crippen LogP contribution >= 0.6 is 0 Å². The fraction of sp³-hybridized carbons (Fsp3) is 0.909. The summed E-state index contributed by atoms with van der Waals surface area (Å²) >= 11 is 0. The van der Waals surface area contributed by atoms with Crippen LogP contribution in [-0.2, 0) is 14.9 Å². The van der Waals surface area contributed by atoms with Gasteiger partial charge in [-0.3, -0.25) is 4.55 Å². The van der Waals surface area contributed by atoms with Crippen LogP contribution in [0, 0.1) is 5.92 Å². The van der Waals surface area contributed by atoms with E-state index in [1.54, 1.807) is 27.8 Å². The second kappa shape index (κ2) is 5.05. The molecule has 0 bridgehead atoms. The quantitative estimate of drug-likeness (QED) is 0.792. The molecule has 1 amide bonds. The molecule has 0 aromatic rings. The summed E-state index contributed by atoms with van der Waals surface area (Å²) in [6.07, 6.45) is 0.753. The van der Waals surface area contributed by atoms with Crippen molar-refractivity contribution in [3.05, 3.63) is 0 Å². The largest absolute Gasteiger partial charge is 0.444 e. The van der Waals surface area contributed by atoms with Crippen LogP contribution in [0.4, 0.5) is 4.79 Å². The zero-order valence-corrected chi connectivity index (χ0v) is 12.0. The fourth-order valence-corrected chi connectivity index (χ4v) is 2.80. The van der Waals surface area contributed by atoms with Crippen molar-refractivity contribution in [3.63, 3.8) is 0 Å². The third kappa shape index (κ3) is 4.81. The van der Waals surface area contributed by atoms with E-state index in [0.717, 1.165) is 0 Å². The first-order chi connectivity index (χ1) is 7.98. The number of amides is 1. The van der Waals surface area contributed by atoms with E-state index >= 15 is 0 Å². The van der Waals surface area contributed by atoms with E-state index in [4.69, 9.17) is 9.29 Å². The summed E-state index contributed by atoms with van der Waals surface area (Å²) in [6.45, 7) is 5.38. The minimum atomic E-state index is -3.92. The molecule has 106 valence electrons. The smallest absolute Gasteiger partial charge is 0.410 e. The Balaban J connectivity index is 2.39. The van der Waals surface area contributed by atoms with E-state index < -0.39 is 21.8 Å². The molecule has 0 aromatic heterocycles. The Hall–Kier alpha value is -0.820. The molecule has 0 unspecified atom stereocenters. The van der Waals surface area contributed by atoms with Gasteiger partial charge in [0.15, 0.2) is 0 Å². The van der Waals surface area contributed by atoms with Crippen LogP contribution in [0.3, 0.4) is 0 Å². The fourth-order valence-electron chi connectivity index (χ4n) is 1.93. The molecule has 0 atom stereocenters. The number of carbonyl (C=O) groups excluding carboxylic acids is 1. The number of carbonyl (C=O) groups is 1. The van der Waals surface area contributed by atoms with Gasteiger partial charge in [0.25, 0.3) is 10.1 Å². The summed E-state index contributed by atoms with van der Waals surface area (Å²) in [7, 11) is -2.28. The van der Waals surface area contributed by atoms with Crippen LogP contribution in [0.15, 0.2) is 0 Å². The zero-order chi connectivity index (χ0) is 14.1. The van der Waals surface area contributed by atoms with Gasteiger partial charge in [-0.15, -0.1) is 0 Å². The SMILES string of the molecule is CN(C(=O)OC(C)(C)C)C1CC(CS(=O)(=O)O)C1. The lowest BCUT2D eigenvalue weighted by molar-refractivity contribution is 0.00833. The molecule has 1 rings (SSSR count). The minimum Gasteiger partial charge on any atom is -0.444 e. The molecule has 6 nitrogen and oxygen atoms in total. The van der Waals surface area contributed by atoms with Crippen molar-refractivity contribution in [2.24, 2.45) is 5.92 Å². The minimum absolute atomic E-state index is 0.00778. The average Bonchev–Trinajstić information content (AvgIpc) is 2.04. The number of hydrogen-bond acceptors (Lipinski definition) is 4. The second-order valence-electron chi connectivity index (χ2n) is 5.83. The lowest BCUT2D eigenvalue weighted by atomic mass is 9.81. The number of nitrogens with zero attached hydrogens (tertiary/aromatic N) is 1. The normalized spacial score (nSPS) is 24.3. The lowest BCUT2D eigenvalue weighted by Gasteiger charge is -2.40. The molecule has 0 radical (unpaired) electrons. The maximum absolute atomic E-state index is 11.7. The van der Waals surface area contributed by atoms with Crippen LogP contribution in [-0.4, -0.2) is 48.4 Å². The molecule has 1 aliphatic carbocycles. The third-order valence-electron chi connectivity index (χ3n) is 2.89. The predicted molar refractivity (Wildman–Crippen MR) is 66.9 cm³/mol. The Morgan fingerprint density at radius 2 is 1.89 bits per heavy atom. The first-order valence-corrected chi connectivity index (χ1v) is 7.50. The van der Waals surface area contributed by atoms with Gasteiger partial charge in [0, 0.05) is 13.1 Å². The van der Waals surface area contributed by atoms with Gasteiger partial charge in [-0.05, 0) is 39.5 Å². The molecule has 0 aliphatic heterocycles. The molecule has 1 N–H and O–H groups in total. The summed E-state index contributed by atoms with van der Waals surface area (Å²) in [5, 5.41) is 0. The van der Waals surface area contributed by atoms with Gasteiger partial charge < -0.3 is 9.64 Å². The molecule has 0 aromatic carbocycles. The molecule has 1 fully saturated rings. The van der Waals surface area contributed by atoms with E-state index in [9.17, 15) is 13.2 Å². The Morgan fingerprint density at radius 1 is 1.39 bits per heavy atom. The van der Waals surface area contributed by atoms with E-state index in [-0.39, 0.29) is 17.7 Å². The number of ether oxygens (including phenoxy) is 1. The van der Waals surface area contributed by atoms with Crippen LogP contribution < -0.4 is 0 Å². The van der Waals surface area contributed by atoms with Gasteiger partial charge in [0.1, 0.15) is 5.60 Å². The standard InChI is InChI=1S/C11H21NO5S/c1-11(2,3)17-10(13)12(4)9-5-8(6-9)7-18(14,15)16/h8-9H,5-7H2,1-4H3,(H,14,15,16). The molecule has 1 aliphatic rings. The van der Waals surface area contributed by atoms with Gasteiger partial charge in [0.2, 0.25) is 0 Å². The molecule has 1 saturated carbocycles. The summed E-state index contributed by atoms with van der Waals surface area (Å²) in [5.74, 6) is -0.305. The maximum atomic E-state index is 11.7. The van der Waals surface area contributed by atoms with Crippen LogP contribution in [0.1, 0.15) is 33.6 Å². The van der Waals surface area contributed by atoms with Gasteiger partial charge in [-0.25, -0.2) is 4.79 Å². The summed E-state index contributed by atoms with van der Waals surface area (Å²) < 4.78 is 35.3. The predicted octanol–water partition coefficient (Wildman–Crippen LogP) is 1.52. The average molecular weight is 279 g/mol. The topological polar surface area (TPSA) is 83.9 Å². The molecule has 7 heteroatoms. The molecular weight excluding hydrogens is 258 g/mol. The van der Waals surface area contributed by atoms with Crippen LogP contribution in [0.5, 0.6) is 0 Å². The van der Waals surface area contributed by atoms with Crippen molar-refractivity contribution < 1.29 is 22.5 Å². The van der Waals surface area contributed by atoms with E-state index in [2.05, 4.69) is 0 Å². The number of hydrogen-bond donors (Lipinski definition) is 1. The monoisotopic (exact) mass is 279 g/mol. The highest BCUT2D eigenvalue weighted by molar-refractivity contribution is 7.85. The molecule has 18 heavy (non-hydrogen) atoms. The highest BCUT2D eigenvalue weighted by atomic mass is 32.2. The molecule has 0 saturated heterocycles. The lowest BCUT2D eigenvalue weighted by Crippen LogP contribution is -2.48. The Kier molecular flexibility index (Phi) is 4.27. The van der Waals surface area contributed by atoms with Crippen LogP contribution in [0.25, 0.3) is 0 Å². The van der Waals surface area contributed by atoms with Crippen molar-refractivity contribution in [2.75, 3.05) is 12.8 Å².